The van der Waals surface area contributed by atoms with E-state index in [9.17, 15) is 4.79 Å². The highest BCUT2D eigenvalue weighted by Gasteiger charge is 2.04. The van der Waals surface area contributed by atoms with Gasteiger partial charge in [-0.05, 0) is 34.4 Å². The molecule has 0 aliphatic heterocycles. The van der Waals surface area contributed by atoms with Crippen molar-refractivity contribution in [2.75, 3.05) is 0 Å². The largest absolute Gasteiger partial charge is 0.352 e. The fourth-order valence-corrected chi connectivity index (χ4v) is 1.98. The Morgan fingerprint density at radius 1 is 1.29 bits per heavy atom. The van der Waals surface area contributed by atoms with Crippen LogP contribution in [0.3, 0.4) is 0 Å². The van der Waals surface area contributed by atoms with Crippen molar-refractivity contribution in [2.24, 2.45) is 0 Å². The summed E-state index contributed by atoms with van der Waals surface area (Å²) < 4.78 is 6.34. The molecule has 0 saturated carbocycles. The smallest absolute Gasteiger partial charge is 0.220 e. The first-order chi connectivity index (χ1) is 10.3. The summed E-state index contributed by atoms with van der Waals surface area (Å²) in [5.74, 6) is 0.00786. The number of hydrogen-bond donors (Lipinski definition) is 1. The summed E-state index contributed by atoms with van der Waals surface area (Å²) in [4.78, 5) is 15.6. The second kappa shape index (κ2) is 6.12. The number of carbonyl (C=O) groups excluding carboxylic acids is 1. The number of nitrogens with one attached hydrogen (secondary N) is 1. The quantitative estimate of drug-likeness (QED) is 0.723. The summed E-state index contributed by atoms with van der Waals surface area (Å²) in [7, 11) is 0. The fraction of sp³-hybridized carbons (Fsp3) is 0.308. The summed E-state index contributed by atoms with van der Waals surface area (Å²) in [6.07, 6.45) is 4.29. The second-order valence-corrected chi connectivity index (χ2v) is 4.63. The number of carbonyl (C=O) groups is 1. The molecule has 3 aromatic rings. The molecule has 0 fully saturated rings. The third-order valence-corrected chi connectivity index (χ3v) is 3.07. The number of nitrogens with zero attached hydrogens (tertiary/aromatic N) is 5. The van der Waals surface area contributed by atoms with Gasteiger partial charge in [-0.1, -0.05) is 6.07 Å². The minimum atomic E-state index is 0.00786. The molecule has 0 atom stereocenters. The summed E-state index contributed by atoms with van der Waals surface area (Å²) in [6, 6.07) is 5.56. The van der Waals surface area contributed by atoms with Crippen LogP contribution < -0.4 is 5.32 Å². The van der Waals surface area contributed by atoms with E-state index >= 15 is 0 Å². The zero-order chi connectivity index (χ0) is 14.5. The predicted octanol–water partition coefficient (Wildman–Crippen LogP) is 0.911. The molecule has 1 N–H and O–H groups in total. The van der Waals surface area contributed by atoms with Gasteiger partial charge in [0.1, 0.15) is 23.7 Å². The van der Waals surface area contributed by atoms with Gasteiger partial charge in [-0.2, -0.15) is 5.10 Å². The predicted molar refractivity (Wildman–Crippen MR) is 72.9 cm³/mol. The highest BCUT2D eigenvalue weighted by atomic mass is 16.6. The van der Waals surface area contributed by atoms with Crippen LogP contribution in [-0.2, 0) is 17.9 Å². The monoisotopic (exact) mass is 286 g/mol. The van der Waals surface area contributed by atoms with Gasteiger partial charge in [0.05, 0.1) is 0 Å². The Morgan fingerprint density at radius 2 is 2.19 bits per heavy atom. The topological polar surface area (TPSA) is 98.7 Å². The number of aryl methyl sites for hydroxylation is 1. The molecule has 2 aromatic heterocycles. The van der Waals surface area contributed by atoms with Gasteiger partial charge in [-0.3, -0.25) is 9.48 Å². The van der Waals surface area contributed by atoms with Gasteiger partial charge in [-0.15, -0.1) is 0 Å². The fourth-order valence-electron chi connectivity index (χ4n) is 1.98. The van der Waals surface area contributed by atoms with Crippen molar-refractivity contribution in [1.82, 2.24) is 30.4 Å². The molecule has 0 spiro atoms. The molecule has 0 unspecified atom stereocenters. The molecule has 2 heterocycles. The van der Waals surface area contributed by atoms with Crippen LogP contribution >= 0.6 is 0 Å². The lowest BCUT2D eigenvalue weighted by Crippen LogP contribution is -2.22. The van der Waals surface area contributed by atoms with E-state index in [0.717, 1.165) is 12.0 Å². The van der Waals surface area contributed by atoms with Crippen molar-refractivity contribution in [2.45, 2.75) is 25.9 Å². The number of rotatable bonds is 6. The van der Waals surface area contributed by atoms with Crippen LogP contribution in [0.2, 0.25) is 0 Å². The van der Waals surface area contributed by atoms with Crippen molar-refractivity contribution < 1.29 is 9.42 Å². The van der Waals surface area contributed by atoms with E-state index in [-0.39, 0.29) is 5.91 Å². The number of hydrogen-bond acceptors (Lipinski definition) is 6. The van der Waals surface area contributed by atoms with Gasteiger partial charge in [0.15, 0.2) is 0 Å². The first kappa shape index (κ1) is 13.2. The minimum absolute atomic E-state index is 0.00786. The molecule has 21 heavy (non-hydrogen) atoms. The second-order valence-electron chi connectivity index (χ2n) is 4.63. The van der Waals surface area contributed by atoms with Gasteiger partial charge in [-0.25, -0.2) is 9.61 Å². The Bertz CT molecular complexity index is 721. The van der Waals surface area contributed by atoms with E-state index in [1.165, 1.54) is 6.33 Å². The van der Waals surface area contributed by atoms with E-state index in [1.807, 2.05) is 18.2 Å². The van der Waals surface area contributed by atoms with Crippen molar-refractivity contribution in [3.05, 3.63) is 36.4 Å². The third-order valence-electron chi connectivity index (χ3n) is 3.07. The van der Waals surface area contributed by atoms with E-state index in [4.69, 9.17) is 0 Å². The van der Waals surface area contributed by atoms with E-state index in [0.29, 0.717) is 30.5 Å². The van der Waals surface area contributed by atoms with Gasteiger partial charge in [0, 0.05) is 19.5 Å². The molecule has 0 bridgehead atoms. The van der Waals surface area contributed by atoms with Crippen molar-refractivity contribution in [3.63, 3.8) is 0 Å². The molecule has 8 nitrogen and oxygen atoms in total. The maximum Gasteiger partial charge on any atom is 0.220 e. The maximum absolute atomic E-state index is 11.8. The van der Waals surface area contributed by atoms with Gasteiger partial charge < -0.3 is 5.32 Å². The zero-order valence-corrected chi connectivity index (χ0v) is 11.3. The standard InChI is InChI=1S/C13H14N6O2/c20-13(2-1-5-19-9-14-8-16-19)15-7-10-3-4-11-12(6-10)18-21-17-11/h3-4,6,8-9H,1-2,5,7H2,(H,15,20). The van der Waals surface area contributed by atoms with Crippen LogP contribution in [0.1, 0.15) is 18.4 Å². The molecule has 1 amide bonds. The van der Waals surface area contributed by atoms with Crippen LogP contribution in [-0.4, -0.2) is 31.0 Å². The molecule has 3 rings (SSSR count). The van der Waals surface area contributed by atoms with Crippen molar-refractivity contribution in [3.8, 4) is 0 Å². The number of amides is 1. The summed E-state index contributed by atoms with van der Waals surface area (Å²) >= 11 is 0. The van der Waals surface area contributed by atoms with Crippen LogP contribution in [0.5, 0.6) is 0 Å². The van der Waals surface area contributed by atoms with Crippen molar-refractivity contribution >= 4 is 16.9 Å². The summed E-state index contributed by atoms with van der Waals surface area (Å²) in [5, 5.41) is 14.4. The average molecular weight is 286 g/mol. The molecule has 0 aliphatic carbocycles. The molecule has 0 radical (unpaired) electrons. The van der Waals surface area contributed by atoms with Crippen LogP contribution in [0, 0.1) is 0 Å². The highest BCUT2D eigenvalue weighted by molar-refractivity contribution is 5.76. The van der Waals surface area contributed by atoms with E-state index < -0.39 is 0 Å². The van der Waals surface area contributed by atoms with E-state index in [2.05, 4.69) is 30.3 Å². The summed E-state index contributed by atoms with van der Waals surface area (Å²) in [6.45, 7) is 1.15. The number of fused-ring (bicyclic) bond motifs is 1. The Balaban J connectivity index is 1.44. The van der Waals surface area contributed by atoms with Gasteiger partial charge in [0.25, 0.3) is 0 Å². The Kier molecular flexibility index (Phi) is 3.85. The van der Waals surface area contributed by atoms with Crippen LogP contribution in [0.4, 0.5) is 0 Å². The molecule has 8 heteroatoms. The first-order valence-corrected chi connectivity index (χ1v) is 6.61. The molecule has 108 valence electrons. The average Bonchev–Trinajstić information content (AvgIpc) is 3.15. The Morgan fingerprint density at radius 3 is 3.05 bits per heavy atom. The Labute approximate surface area is 120 Å². The first-order valence-electron chi connectivity index (χ1n) is 6.61. The lowest BCUT2D eigenvalue weighted by atomic mass is 10.2. The minimum Gasteiger partial charge on any atom is -0.352 e. The molecular formula is C13H14N6O2. The molecule has 0 saturated heterocycles. The van der Waals surface area contributed by atoms with Gasteiger partial charge in [0.2, 0.25) is 5.91 Å². The Hall–Kier alpha value is -2.77. The van der Waals surface area contributed by atoms with Crippen LogP contribution in [0.15, 0.2) is 35.5 Å². The molecule has 1 aromatic carbocycles. The van der Waals surface area contributed by atoms with E-state index in [1.54, 1.807) is 11.0 Å². The van der Waals surface area contributed by atoms with Crippen molar-refractivity contribution in [1.29, 1.82) is 0 Å². The zero-order valence-electron chi connectivity index (χ0n) is 11.3. The lowest BCUT2D eigenvalue weighted by molar-refractivity contribution is -0.121. The normalized spacial score (nSPS) is 10.9. The highest BCUT2D eigenvalue weighted by Crippen LogP contribution is 2.11. The molecule has 0 aliphatic rings. The maximum atomic E-state index is 11.8. The van der Waals surface area contributed by atoms with Gasteiger partial charge >= 0.3 is 0 Å². The summed E-state index contributed by atoms with van der Waals surface area (Å²) in [5.41, 5.74) is 2.36. The molecular weight excluding hydrogens is 272 g/mol. The number of aromatic nitrogens is 5. The number of benzene rings is 1. The SMILES string of the molecule is O=C(CCCn1cncn1)NCc1ccc2nonc2c1. The lowest BCUT2D eigenvalue weighted by Gasteiger charge is -2.05. The third kappa shape index (κ3) is 3.41. The van der Waals surface area contributed by atoms with Crippen LogP contribution in [0.25, 0.3) is 11.0 Å².